The Kier molecular flexibility index (Phi) is 3.19. The van der Waals surface area contributed by atoms with Crippen LogP contribution in [0.3, 0.4) is 0 Å². The normalized spacial score (nSPS) is 19.6. The van der Waals surface area contributed by atoms with Crippen molar-refractivity contribution in [1.29, 1.82) is 0 Å². The van der Waals surface area contributed by atoms with Crippen molar-refractivity contribution in [3.8, 4) is 0 Å². The van der Waals surface area contributed by atoms with E-state index < -0.39 is 24.0 Å². The van der Waals surface area contributed by atoms with Gasteiger partial charge in [-0.3, -0.25) is 14.9 Å². The van der Waals surface area contributed by atoms with E-state index in [2.05, 4.69) is 0 Å². The number of amides is 4. The van der Waals surface area contributed by atoms with Crippen LogP contribution in [0.15, 0.2) is 0 Å². The zero-order chi connectivity index (χ0) is 10.7. The van der Waals surface area contributed by atoms with Crippen LogP contribution in [0.2, 0.25) is 0 Å². The van der Waals surface area contributed by atoms with E-state index in [0.29, 0.717) is 6.42 Å². The molecule has 0 bridgehead atoms. The molecule has 0 aromatic heterocycles. The molecule has 14 heavy (non-hydrogen) atoms. The van der Waals surface area contributed by atoms with Gasteiger partial charge < -0.3 is 5.73 Å². The summed E-state index contributed by atoms with van der Waals surface area (Å²) in [5.41, 5.74) is 5.62. The van der Waals surface area contributed by atoms with Crippen molar-refractivity contribution in [2.24, 2.45) is 5.73 Å². The van der Waals surface area contributed by atoms with E-state index in [1.54, 1.807) is 0 Å². The second-order valence-corrected chi connectivity index (χ2v) is 3.15. The highest BCUT2D eigenvalue weighted by atomic mass is 16.2. The van der Waals surface area contributed by atoms with Gasteiger partial charge in [0.15, 0.2) is 0 Å². The Bertz CT molecular complexity index is 257. The Morgan fingerprint density at radius 2 is 2.14 bits per heavy atom. The second-order valence-electron chi connectivity index (χ2n) is 3.15. The molecule has 6 heteroatoms. The molecule has 1 aliphatic rings. The number of imide groups is 2. The van der Waals surface area contributed by atoms with Crippen molar-refractivity contribution in [3.63, 3.8) is 0 Å². The Morgan fingerprint density at radius 3 is 2.64 bits per heavy atom. The van der Waals surface area contributed by atoms with Crippen molar-refractivity contribution in [1.82, 2.24) is 10.2 Å². The Morgan fingerprint density at radius 1 is 1.50 bits per heavy atom. The SMILES string of the molecule is CCCC(N)N1C(=O)CC(=O)NC1=O. The summed E-state index contributed by atoms with van der Waals surface area (Å²) in [6, 6.07) is -0.716. The molecule has 0 aromatic carbocycles. The molecule has 4 amide bonds. The molecule has 1 rings (SSSR count). The summed E-state index contributed by atoms with van der Waals surface area (Å²) >= 11 is 0. The topological polar surface area (TPSA) is 92.5 Å². The number of barbiturate groups is 1. The van der Waals surface area contributed by atoms with Crippen molar-refractivity contribution >= 4 is 17.8 Å². The Hall–Kier alpha value is -1.43. The van der Waals surface area contributed by atoms with E-state index in [9.17, 15) is 14.4 Å². The summed E-state index contributed by atoms with van der Waals surface area (Å²) in [6.45, 7) is 1.90. The average molecular weight is 199 g/mol. The maximum atomic E-state index is 11.3. The Labute approximate surface area is 81.4 Å². The lowest BCUT2D eigenvalue weighted by molar-refractivity contribution is -0.137. The van der Waals surface area contributed by atoms with Gasteiger partial charge in [0, 0.05) is 0 Å². The number of urea groups is 1. The van der Waals surface area contributed by atoms with Gasteiger partial charge in [0.25, 0.3) is 0 Å². The summed E-state index contributed by atoms with van der Waals surface area (Å²) in [6.07, 6.45) is 0.364. The number of hydrogen-bond donors (Lipinski definition) is 2. The molecule has 3 N–H and O–H groups in total. The van der Waals surface area contributed by atoms with Gasteiger partial charge in [-0.1, -0.05) is 13.3 Å². The molecular weight excluding hydrogens is 186 g/mol. The van der Waals surface area contributed by atoms with Crippen LogP contribution in [0.4, 0.5) is 4.79 Å². The third-order valence-corrected chi connectivity index (χ3v) is 1.96. The molecule has 1 unspecified atom stereocenters. The number of rotatable bonds is 3. The minimum atomic E-state index is -0.716. The lowest BCUT2D eigenvalue weighted by Crippen LogP contribution is -2.59. The van der Waals surface area contributed by atoms with Crippen molar-refractivity contribution < 1.29 is 14.4 Å². The first-order chi connectivity index (χ1) is 6.56. The van der Waals surface area contributed by atoms with Gasteiger partial charge in [-0.2, -0.15) is 0 Å². The van der Waals surface area contributed by atoms with Crippen LogP contribution < -0.4 is 11.1 Å². The van der Waals surface area contributed by atoms with Gasteiger partial charge >= 0.3 is 6.03 Å². The molecule has 1 heterocycles. The lowest BCUT2D eigenvalue weighted by atomic mass is 10.2. The molecule has 6 nitrogen and oxygen atoms in total. The molecule has 1 saturated heterocycles. The van der Waals surface area contributed by atoms with E-state index in [0.717, 1.165) is 11.3 Å². The summed E-state index contributed by atoms with van der Waals surface area (Å²) in [4.78, 5) is 34.2. The Balaban J connectivity index is 2.71. The lowest BCUT2D eigenvalue weighted by Gasteiger charge is -2.29. The monoisotopic (exact) mass is 199 g/mol. The maximum Gasteiger partial charge on any atom is 0.332 e. The molecule has 1 aliphatic heterocycles. The first-order valence-corrected chi connectivity index (χ1v) is 4.47. The molecule has 0 spiro atoms. The van der Waals surface area contributed by atoms with Crippen LogP contribution in [0, 0.1) is 0 Å². The van der Waals surface area contributed by atoms with Gasteiger partial charge in [-0.25, -0.2) is 9.69 Å². The van der Waals surface area contributed by atoms with Gasteiger partial charge in [0.1, 0.15) is 6.42 Å². The van der Waals surface area contributed by atoms with E-state index in [-0.39, 0.29) is 6.42 Å². The minimum Gasteiger partial charge on any atom is -0.311 e. The highest BCUT2D eigenvalue weighted by molar-refractivity contribution is 6.14. The van der Waals surface area contributed by atoms with Gasteiger partial charge in [0.2, 0.25) is 11.8 Å². The van der Waals surface area contributed by atoms with Crippen LogP contribution in [0.1, 0.15) is 26.2 Å². The van der Waals surface area contributed by atoms with E-state index in [4.69, 9.17) is 5.73 Å². The van der Waals surface area contributed by atoms with E-state index in [1.807, 2.05) is 12.2 Å². The fourth-order valence-electron chi connectivity index (χ4n) is 1.32. The second kappa shape index (κ2) is 4.19. The smallest absolute Gasteiger partial charge is 0.311 e. The fraction of sp³-hybridized carbons (Fsp3) is 0.625. The number of nitrogens with zero attached hydrogens (tertiary/aromatic N) is 1. The van der Waals surface area contributed by atoms with E-state index in [1.165, 1.54) is 0 Å². The first kappa shape index (κ1) is 10.6. The van der Waals surface area contributed by atoms with Gasteiger partial charge in [-0.15, -0.1) is 0 Å². The van der Waals surface area contributed by atoms with Gasteiger partial charge in [-0.05, 0) is 6.42 Å². The average Bonchev–Trinajstić information content (AvgIpc) is 2.01. The van der Waals surface area contributed by atoms with Crippen LogP contribution in [-0.2, 0) is 9.59 Å². The molecule has 0 aliphatic carbocycles. The molecule has 1 atom stereocenters. The van der Waals surface area contributed by atoms with Crippen molar-refractivity contribution in [3.05, 3.63) is 0 Å². The van der Waals surface area contributed by atoms with Crippen LogP contribution in [0.25, 0.3) is 0 Å². The number of carbonyl (C=O) groups excluding carboxylic acids is 3. The zero-order valence-corrected chi connectivity index (χ0v) is 7.95. The molecule has 1 fully saturated rings. The molecule has 0 saturated carbocycles. The summed E-state index contributed by atoms with van der Waals surface area (Å²) in [5.74, 6) is -1.10. The number of hydrogen-bond acceptors (Lipinski definition) is 4. The number of nitrogens with one attached hydrogen (secondary N) is 1. The predicted molar refractivity (Wildman–Crippen MR) is 47.9 cm³/mol. The maximum absolute atomic E-state index is 11.3. The van der Waals surface area contributed by atoms with Gasteiger partial charge in [0.05, 0.1) is 6.17 Å². The third-order valence-electron chi connectivity index (χ3n) is 1.96. The number of nitrogens with two attached hydrogens (primary N) is 1. The van der Waals surface area contributed by atoms with Crippen LogP contribution in [0.5, 0.6) is 0 Å². The number of carbonyl (C=O) groups is 3. The van der Waals surface area contributed by atoms with Crippen molar-refractivity contribution in [2.45, 2.75) is 32.4 Å². The standard InChI is InChI=1S/C8H13N3O3/c1-2-3-5(9)11-7(13)4-6(12)10-8(11)14/h5H,2-4,9H2,1H3,(H,10,12,14). The first-order valence-electron chi connectivity index (χ1n) is 4.47. The molecule has 78 valence electrons. The summed E-state index contributed by atoms with van der Waals surface area (Å²) in [7, 11) is 0. The van der Waals surface area contributed by atoms with E-state index >= 15 is 0 Å². The van der Waals surface area contributed by atoms with Crippen molar-refractivity contribution in [2.75, 3.05) is 0 Å². The zero-order valence-electron chi connectivity index (χ0n) is 7.95. The quantitative estimate of drug-likeness (QED) is 0.601. The minimum absolute atomic E-state index is 0.302. The fourth-order valence-corrected chi connectivity index (χ4v) is 1.32. The van der Waals surface area contributed by atoms with Crippen LogP contribution in [-0.4, -0.2) is 28.9 Å². The third kappa shape index (κ3) is 2.08. The molecular formula is C8H13N3O3. The highest BCUT2D eigenvalue weighted by Crippen LogP contribution is 2.08. The summed E-state index contributed by atoms with van der Waals surface area (Å²) in [5, 5.41) is 2.05. The summed E-state index contributed by atoms with van der Waals surface area (Å²) < 4.78 is 0. The molecule has 0 radical (unpaired) electrons. The van der Waals surface area contributed by atoms with Crippen LogP contribution >= 0.6 is 0 Å². The predicted octanol–water partition coefficient (Wildman–Crippen LogP) is -0.460. The largest absolute Gasteiger partial charge is 0.332 e. The highest BCUT2D eigenvalue weighted by Gasteiger charge is 2.33. The molecule has 0 aromatic rings.